The highest BCUT2D eigenvalue weighted by Crippen LogP contribution is 2.44. The summed E-state index contributed by atoms with van der Waals surface area (Å²) in [7, 11) is 0. The van der Waals surface area contributed by atoms with Gasteiger partial charge in [-0.25, -0.2) is 0 Å². The number of nitrogens with one attached hydrogen (secondary N) is 1. The Balaban J connectivity index is 1.62. The fourth-order valence-corrected chi connectivity index (χ4v) is 5.26. The number of unbranched alkanes of at least 4 members (excludes halogenated alkanes) is 1. The Labute approximate surface area is 203 Å². The topological polar surface area (TPSA) is 69.7 Å². The van der Waals surface area contributed by atoms with Gasteiger partial charge in [-0.15, -0.1) is 0 Å². The van der Waals surface area contributed by atoms with Crippen LogP contribution in [0, 0.1) is 13.8 Å². The lowest BCUT2D eigenvalue weighted by Crippen LogP contribution is -2.35. The van der Waals surface area contributed by atoms with Gasteiger partial charge in [0.1, 0.15) is 10.9 Å². The van der Waals surface area contributed by atoms with Crippen molar-refractivity contribution in [3.05, 3.63) is 64.1 Å². The Hall–Kier alpha value is -2.97. The third kappa shape index (κ3) is 4.45. The number of thioether (sulfide) groups is 1. The van der Waals surface area contributed by atoms with E-state index in [1.165, 1.54) is 4.90 Å². The molecule has 1 fully saturated rings. The summed E-state index contributed by atoms with van der Waals surface area (Å²) in [6, 6.07) is 12.9. The quantitative estimate of drug-likeness (QED) is 0.482. The van der Waals surface area contributed by atoms with Crippen LogP contribution in [-0.4, -0.2) is 40.0 Å². The van der Waals surface area contributed by atoms with E-state index in [2.05, 4.69) is 5.32 Å². The highest BCUT2D eigenvalue weighted by atomic mass is 32.2. The summed E-state index contributed by atoms with van der Waals surface area (Å²) in [6.07, 6.45) is 1.78. The minimum atomic E-state index is -0.359. The Morgan fingerprint density at radius 1 is 1.03 bits per heavy atom. The second-order valence-electron chi connectivity index (χ2n) is 8.14. The van der Waals surface area contributed by atoms with E-state index < -0.39 is 0 Å². The van der Waals surface area contributed by atoms with E-state index in [-0.39, 0.29) is 24.3 Å². The van der Waals surface area contributed by atoms with Crippen LogP contribution >= 0.6 is 24.0 Å². The number of benzene rings is 2. The summed E-state index contributed by atoms with van der Waals surface area (Å²) >= 11 is 6.58. The molecule has 2 aliphatic rings. The first-order chi connectivity index (χ1) is 15.8. The Bertz CT molecular complexity index is 1210. The monoisotopic (exact) mass is 479 g/mol. The molecule has 2 aromatic rings. The molecule has 0 atom stereocenters. The van der Waals surface area contributed by atoms with Crippen LogP contribution in [0.3, 0.4) is 0 Å². The molecular weight excluding hydrogens is 454 g/mol. The van der Waals surface area contributed by atoms with E-state index in [1.807, 2.05) is 57.2 Å². The molecule has 4 rings (SSSR count). The molecule has 6 nitrogen and oxygen atoms in total. The van der Waals surface area contributed by atoms with Crippen LogP contribution in [0.15, 0.2) is 47.4 Å². The molecule has 33 heavy (non-hydrogen) atoms. The first kappa shape index (κ1) is 23.2. The van der Waals surface area contributed by atoms with Crippen LogP contribution in [-0.2, 0) is 14.4 Å². The molecule has 0 unspecified atom stereocenters. The van der Waals surface area contributed by atoms with Crippen molar-refractivity contribution < 1.29 is 14.4 Å². The lowest BCUT2D eigenvalue weighted by molar-refractivity contribution is -0.122. The number of anilines is 2. The molecule has 3 amide bonds. The lowest BCUT2D eigenvalue weighted by Gasteiger charge is -2.17. The molecule has 0 aliphatic carbocycles. The van der Waals surface area contributed by atoms with Crippen molar-refractivity contribution in [2.75, 3.05) is 23.3 Å². The molecule has 2 aromatic carbocycles. The van der Waals surface area contributed by atoms with Crippen molar-refractivity contribution in [1.29, 1.82) is 0 Å². The van der Waals surface area contributed by atoms with Crippen LogP contribution in [0.5, 0.6) is 0 Å². The summed E-state index contributed by atoms with van der Waals surface area (Å²) in [5, 5.41) is 2.87. The molecule has 0 radical (unpaired) electrons. The van der Waals surface area contributed by atoms with Crippen LogP contribution in [0.1, 0.15) is 36.5 Å². The zero-order valence-corrected chi connectivity index (χ0v) is 20.4. The number of aryl methyl sites for hydroxylation is 2. The first-order valence-electron chi connectivity index (χ1n) is 10.9. The van der Waals surface area contributed by atoms with Crippen molar-refractivity contribution >= 4 is 63.0 Å². The van der Waals surface area contributed by atoms with Gasteiger partial charge in [-0.05, 0) is 49.6 Å². The zero-order chi connectivity index (χ0) is 23.7. The Morgan fingerprint density at radius 2 is 1.79 bits per heavy atom. The van der Waals surface area contributed by atoms with Crippen LogP contribution in [0.25, 0.3) is 5.57 Å². The molecule has 8 heteroatoms. The van der Waals surface area contributed by atoms with Gasteiger partial charge in [0.05, 0.1) is 16.2 Å². The van der Waals surface area contributed by atoms with Crippen LogP contribution in [0.2, 0.25) is 0 Å². The largest absolute Gasteiger partial charge is 0.325 e. The Morgan fingerprint density at radius 3 is 2.52 bits per heavy atom. The number of rotatable bonds is 6. The van der Waals surface area contributed by atoms with Gasteiger partial charge in [0.2, 0.25) is 5.91 Å². The number of carbonyl (C=O) groups excluding carboxylic acids is 3. The molecule has 0 aromatic heterocycles. The van der Waals surface area contributed by atoms with Crippen molar-refractivity contribution in [1.82, 2.24) is 4.90 Å². The molecule has 170 valence electrons. The number of hydrogen-bond donors (Lipinski definition) is 1. The van der Waals surface area contributed by atoms with Gasteiger partial charge in [0, 0.05) is 17.8 Å². The molecule has 1 N–H and O–H groups in total. The smallest absolute Gasteiger partial charge is 0.267 e. The first-order valence-corrected chi connectivity index (χ1v) is 12.1. The second-order valence-corrected chi connectivity index (χ2v) is 9.78. The van der Waals surface area contributed by atoms with Crippen molar-refractivity contribution in [3.63, 3.8) is 0 Å². The summed E-state index contributed by atoms with van der Waals surface area (Å²) in [5.41, 5.74) is 4.48. The zero-order valence-electron chi connectivity index (χ0n) is 18.8. The van der Waals surface area contributed by atoms with Crippen molar-refractivity contribution in [3.8, 4) is 0 Å². The maximum absolute atomic E-state index is 13.5. The van der Waals surface area contributed by atoms with Crippen LogP contribution < -0.4 is 10.2 Å². The normalized spacial score (nSPS) is 17.7. The third-order valence-electron chi connectivity index (χ3n) is 5.83. The average molecular weight is 480 g/mol. The number of hydrogen-bond acceptors (Lipinski definition) is 5. The third-order valence-corrected chi connectivity index (χ3v) is 7.28. The van der Waals surface area contributed by atoms with Crippen molar-refractivity contribution in [2.24, 2.45) is 0 Å². The number of carbonyl (C=O) groups is 3. The number of amides is 3. The predicted molar refractivity (Wildman–Crippen MR) is 137 cm³/mol. The van der Waals surface area contributed by atoms with E-state index in [1.54, 1.807) is 11.0 Å². The second kappa shape index (κ2) is 9.49. The van der Waals surface area contributed by atoms with Gasteiger partial charge >= 0.3 is 0 Å². The molecule has 1 saturated heterocycles. The molecule has 0 bridgehead atoms. The average Bonchev–Trinajstić information content (AvgIpc) is 3.21. The molecular formula is C25H25N3O3S2. The SMILES string of the molecule is CCCCN1C(=O)/C(=C2/C(=O)N(CC(=O)Nc3ccc(C)c(C)c3)c3ccccc32)SC1=S. The molecule has 2 heterocycles. The standard InChI is InChI=1S/C25H25N3O3S2/c1-4-5-12-27-24(31)22(33-25(27)32)21-18-8-6-7-9-19(18)28(23(21)30)14-20(29)26-17-11-10-15(2)16(3)13-17/h6-11,13H,4-5,12,14H2,1-3H3,(H,26,29)/b22-21-. The number of para-hydroxylation sites is 1. The fourth-order valence-electron chi connectivity index (χ4n) is 3.88. The van der Waals surface area contributed by atoms with Crippen molar-refractivity contribution in [2.45, 2.75) is 33.6 Å². The minimum absolute atomic E-state index is 0.150. The maximum Gasteiger partial charge on any atom is 0.267 e. The van der Waals surface area contributed by atoms with E-state index in [0.29, 0.717) is 38.3 Å². The minimum Gasteiger partial charge on any atom is -0.325 e. The number of thiocarbonyl (C=S) groups is 1. The highest BCUT2D eigenvalue weighted by Gasteiger charge is 2.42. The van der Waals surface area contributed by atoms with Gasteiger partial charge in [-0.3, -0.25) is 24.2 Å². The Kier molecular flexibility index (Phi) is 6.67. The number of nitrogens with zero attached hydrogens (tertiary/aromatic N) is 2. The lowest BCUT2D eigenvalue weighted by atomic mass is 10.1. The van der Waals surface area contributed by atoms with Gasteiger partial charge < -0.3 is 5.32 Å². The van der Waals surface area contributed by atoms with Crippen LogP contribution in [0.4, 0.5) is 11.4 Å². The van der Waals surface area contributed by atoms with Gasteiger partial charge in [0.15, 0.2) is 0 Å². The van der Waals surface area contributed by atoms with Gasteiger partial charge in [-0.2, -0.15) is 0 Å². The summed E-state index contributed by atoms with van der Waals surface area (Å²) in [5.74, 6) is -0.904. The van der Waals surface area contributed by atoms with Gasteiger partial charge in [0.25, 0.3) is 11.8 Å². The van der Waals surface area contributed by atoms with E-state index in [9.17, 15) is 14.4 Å². The molecule has 0 spiro atoms. The predicted octanol–water partition coefficient (Wildman–Crippen LogP) is 4.66. The molecule has 2 aliphatic heterocycles. The van der Waals surface area contributed by atoms with E-state index in [4.69, 9.17) is 12.2 Å². The van der Waals surface area contributed by atoms with Gasteiger partial charge in [-0.1, -0.05) is 61.6 Å². The van der Waals surface area contributed by atoms with E-state index in [0.717, 1.165) is 35.7 Å². The summed E-state index contributed by atoms with van der Waals surface area (Å²) < 4.78 is 0.465. The molecule has 0 saturated carbocycles. The maximum atomic E-state index is 13.5. The fraction of sp³-hybridized carbons (Fsp3) is 0.280. The van der Waals surface area contributed by atoms with E-state index >= 15 is 0 Å². The summed E-state index contributed by atoms with van der Waals surface area (Å²) in [6.45, 7) is 6.42. The summed E-state index contributed by atoms with van der Waals surface area (Å²) in [4.78, 5) is 42.7. The highest BCUT2D eigenvalue weighted by molar-refractivity contribution is 8.26. The number of fused-ring (bicyclic) bond motifs is 1.